The van der Waals surface area contributed by atoms with Crippen LogP contribution < -0.4 is 0 Å². The first-order valence-electron chi connectivity index (χ1n) is 15.3. The number of rotatable bonds is 4. The molecular formula is C43H29N. The lowest BCUT2D eigenvalue weighted by molar-refractivity contribution is 0.769. The Labute approximate surface area is 257 Å². The summed E-state index contributed by atoms with van der Waals surface area (Å²) in [6.45, 7) is 0. The second kappa shape index (κ2) is 9.69. The van der Waals surface area contributed by atoms with Crippen molar-refractivity contribution in [2.45, 2.75) is 5.41 Å². The lowest BCUT2D eigenvalue weighted by Crippen LogP contribution is -2.28. The summed E-state index contributed by atoms with van der Waals surface area (Å²) in [7, 11) is 0. The molecule has 0 unspecified atom stereocenters. The molecule has 1 aromatic heterocycles. The molecule has 0 fully saturated rings. The zero-order valence-electron chi connectivity index (χ0n) is 24.2. The van der Waals surface area contributed by atoms with Gasteiger partial charge in [0.1, 0.15) is 0 Å². The molecule has 206 valence electrons. The van der Waals surface area contributed by atoms with Crippen molar-refractivity contribution in [3.05, 3.63) is 198 Å². The molecule has 0 amide bonds. The van der Waals surface area contributed by atoms with E-state index in [1.807, 2.05) is 0 Å². The van der Waals surface area contributed by atoms with Crippen molar-refractivity contribution < 1.29 is 0 Å². The number of fused-ring (bicyclic) bond motifs is 6. The highest BCUT2D eigenvalue weighted by molar-refractivity contribution is 6.04. The first kappa shape index (κ1) is 24.9. The molecule has 1 heterocycles. The predicted octanol–water partition coefficient (Wildman–Crippen LogP) is 10.8. The Kier molecular flexibility index (Phi) is 5.48. The highest BCUT2D eigenvalue weighted by atomic mass is 15.0. The van der Waals surface area contributed by atoms with Gasteiger partial charge in [-0.2, -0.15) is 0 Å². The molecule has 1 aliphatic carbocycles. The van der Waals surface area contributed by atoms with Gasteiger partial charge in [-0.15, -0.1) is 0 Å². The lowest BCUT2D eigenvalue weighted by Gasteiger charge is -2.33. The minimum atomic E-state index is -0.384. The van der Waals surface area contributed by atoms with Crippen molar-refractivity contribution >= 4 is 21.7 Å². The van der Waals surface area contributed by atoms with Crippen molar-refractivity contribution in [2.24, 2.45) is 0 Å². The molecule has 9 rings (SSSR count). The molecule has 0 spiro atoms. The van der Waals surface area contributed by atoms with Crippen LogP contribution in [-0.4, -0.2) is 4.57 Å². The first-order chi connectivity index (χ1) is 21.8. The van der Waals surface area contributed by atoms with Gasteiger partial charge in [0.05, 0.1) is 10.9 Å². The molecule has 8 aromatic rings. The molecule has 44 heavy (non-hydrogen) atoms. The van der Waals surface area contributed by atoms with Gasteiger partial charge < -0.3 is 4.57 Å². The van der Waals surface area contributed by atoms with Crippen LogP contribution in [0.15, 0.2) is 176 Å². The van der Waals surface area contributed by atoms with E-state index >= 15 is 0 Å². The van der Waals surface area contributed by atoms with E-state index in [1.54, 1.807) is 0 Å². The Bertz CT molecular complexity index is 2260. The average Bonchev–Trinajstić information content (AvgIpc) is 3.67. The van der Waals surface area contributed by atoms with Crippen LogP contribution in [0.3, 0.4) is 0 Å². The van der Waals surface area contributed by atoms with Gasteiger partial charge in [-0.05, 0) is 79.5 Å². The highest BCUT2D eigenvalue weighted by Gasteiger charge is 2.46. The highest BCUT2D eigenvalue weighted by Crippen LogP contribution is 2.57. The van der Waals surface area contributed by atoms with Crippen LogP contribution in [0, 0.1) is 0 Å². The van der Waals surface area contributed by atoms with E-state index in [-0.39, 0.29) is 5.41 Å². The topological polar surface area (TPSA) is 4.93 Å². The Balaban J connectivity index is 1.24. The summed E-state index contributed by atoms with van der Waals surface area (Å²) in [5.74, 6) is 0. The maximum Gasteiger partial charge on any atom is 0.0713 e. The molecule has 1 heteroatoms. The van der Waals surface area contributed by atoms with Gasteiger partial charge in [-0.3, -0.25) is 0 Å². The Morgan fingerprint density at radius 3 is 1.82 bits per heavy atom. The van der Waals surface area contributed by atoms with Crippen molar-refractivity contribution in [1.29, 1.82) is 0 Å². The largest absolute Gasteiger partial charge is 0.317 e. The normalized spacial score (nSPS) is 13.2. The van der Waals surface area contributed by atoms with E-state index < -0.39 is 0 Å². The quantitative estimate of drug-likeness (QED) is 0.202. The van der Waals surface area contributed by atoms with Crippen LogP contribution in [0.1, 0.15) is 22.3 Å². The van der Waals surface area contributed by atoms with Crippen molar-refractivity contribution in [1.82, 2.24) is 4.57 Å². The van der Waals surface area contributed by atoms with Crippen molar-refractivity contribution in [2.75, 3.05) is 0 Å². The Morgan fingerprint density at radius 1 is 0.409 bits per heavy atom. The average molecular weight is 560 g/mol. The summed E-state index contributed by atoms with van der Waals surface area (Å²) in [4.78, 5) is 0. The second-order valence-corrected chi connectivity index (χ2v) is 11.7. The zero-order chi connectivity index (χ0) is 29.1. The van der Waals surface area contributed by atoms with E-state index in [4.69, 9.17) is 0 Å². The van der Waals surface area contributed by atoms with Gasteiger partial charge in [-0.1, -0.05) is 146 Å². The third-order valence-corrected chi connectivity index (χ3v) is 9.54. The minimum Gasteiger partial charge on any atom is -0.317 e. The summed E-state index contributed by atoms with van der Waals surface area (Å²) >= 11 is 0. The van der Waals surface area contributed by atoms with Crippen LogP contribution in [0.25, 0.3) is 49.6 Å². The lowest BCUT2D eigenvalue weighted by atomic mass is 9.67. The second-order valence-electron chi connectivity index (χ2n) is 11.7. The van der Waals surface area contributed by atoms with E-state index in [0.717, 1.165) is 5.69 Å². The van der Waals surface area contributed by atoms with Crippen LogP contribution in [0.2, 0.25) is 0 Å². The van der Waals surface area contributed by atoms with E-state index in [1.165, 1.54) is 66.2 Å². The molecule has 1 nitrogen and oxygen atoms in total. The molecule has 0 radical (unpaired) electrons. The summed E-state index contributed by atoms with van der Waals surface area (Å²) in [6.07, 6.45) is 2.23. The van der Waals surface area contributed by atoms with Gasteiger partial charge in [0, 0.05) is 17.3 Å². The molecule has 0 N–H and O–H groups in total. The van der Waals surface area contributed by atoms with Gasteiger partial charge >= 0.3 is 0 Å². The SMILES string of the molecule is c1ccc(C2(c3ccccc3)c3ccccc3-c3c2ccc2c3ccn2-c2ccc(-c3cccc4ccccc34)cc2)cc1. The number of benzene rings is 7. The third kappa shape index (κ3) is 3.47. The molecule has 0 atom stereocenters. The molecule has 0 aliphatic heterocycles. The first-order valence-corrected chi connectivity index (χ1v) is 15.3. The summed E-state index contributed by atoms with van der Waals surface area (Å²) < 4.78 is 2.33. The fourth-order valence-electron chi connectivity index (χ4n) is 7.66. The summed E-state index contributed by atoms with van der Waals surface area (Å²) in [5.41, 5.74) is 12.4. The summed E-state index contributed by atoms with van der Waals surface area (Å²) in [6, 6.07) is 62.1. The third-order valence-electron chi connectivity index (χ3n) is 9.54. The van der Waals surface area contributed by atoms with Crippen molar-refractivity contribution in [3.63, 3.8) is 0 Å². The fourth-order valence-corrected chi connectivity index (χ4v) is 7.66. The minimum absolute atomic E-state index is 0.384. The fraction of sp³-hybridized carbons (Fsp3) is 0.0233. The van der Waals surface area contributed by atoms with Crippen LogP contribution >= 0.6 is 0 Å². The standard InChI is InChI=1S/C43H29N/c1-3-14-32(15-4-1)43(33-16-5-2-6-17-33)39-21-10-9-19-37(39)42-38-28-29-44(41(38)27-26-40(42)43)34-24-22-31(23-25-34)36-20-11-13-30-12-7-8-18-35(30)36/h1-29H. The molecular weight excluding hydrogens is 530 g/mol. The van der Waals surface area contributed by atoms with Gasteiger partial charge in [0.25, 0.3) is 0 Å². The van der Waals surface area contributed by atoms with E-state index in [0.29, 0.717) is 0 Å². The van der Waals surface area contributed by atoms with Crippen LogP contribution in [-0.2, 0) is 5.41 Å². The monoisotopic (exact) mass is 559 g/mol. The van der Waals surface area contributed by atoms with E-state index in [2.05, 4.69) is 181 Å². The van der Waals surface area contributed by atoms with Crippen LogP contribution in [0.5, 0.6) is 0 Å². The Hall–Kier alpha value is -5.66. The van der Waals surface area contributed by atoms with Gasteiger partial charge in [0.15, 0.2) is 0 Å². The van der Waals surface area contributed by atoms with Crippen LogP contribution in [0.4, 0.5) is 0 Å². The maximum absolute atomic E-state index is 2.37. The number of aromatic nitrogens is 1. The van der Waals surface area contributed by atoms with Gasteiger partial charge in [0.2, 0.25) is 0 Å². The number of hydrogen-bond donors (Lipinski definition) is 0. The summed E-state index contributed by atoms with van der Waals surface area (Å²) in [5, 5.41) is 3.83. The predicted molar refractivity (Wildman–Crippen MR) is 184 cm³/mol. The molecule has 1 aliphatic rings. The molecule has 0 bridgehead atoms. The molecule has 7 aromatic carbocycles. The smallest absolute Gasteiger partial charge is 0.0713 e. The van der Waals surface area contributed by atoms with E-state index in [9.17, 15) is 0 Å². The van der Waals surface area contributed by atoms with Crippen molar-refractivity contribution in [3.8, 4) is 27.9 Å². The maximum atomic E-state index is 2.37. The number of nitrogens with zero attached hydrogens (tertiary/aromatic N) is 1. The Morgan fingerprint density at radius 2 is 1.05 bits per heavy atom. The zero-order valence-corrected chi connectivity index (χ0v) is 24.2. The van der Waals surface area contributed by atoms with Gasteiger partial charge in [-0.25, -0.2) is 0 Å². The number of hydrogen-bond acceptors (Lipinski definition) is 0. The molecule has 0 saturated carbocycles. The molecule has 0 saturated heterocycles.